The number of benzene rings is 2. The molecule has 0 aliphatic heterocycles. The van der Waals surface area contributed by atoms with Gasteiger partial charge in [-0.3, -0.25) is 0 Å². The lowest BCUT2D eigenvalue weighted by molar-refractivity contribution is 1.11. The van der Waals surface area contributed by atoms with E-state index in [1.54, 1.807) is 12.1 Å². The number of hydrogen-bond acceptors (Lipinski definition) is 5. The molecule has 1 aromatic heterocycles. The van der Waals surface area contributed by atoms with Gasteiger partial charge in [0, 0.05) is 23.1 Å². The summed E-state index contributed by atoms with van der Waals surface area (Å²) in [5.74, 6) is 1.20. The Morgan fingerprint density at radius 2 is 1.65 bits per heavy atom. The van der Waals surface area contributed by atoms with Crippen LogP contribution in [0.4, 0.5) is 23.1 Å². The molecule has 0 fully saturated rings. The van der Waals surface area contributed by atoms with Crippen molar-refractivity contribution in [2.45, 2.75) is 6.92 Å². The van der Waals surface area contributed by atoms with Crippen LogP contribution in [0.2, 0.25) is 0 Å². The number of nitrogens with one attached hydrogen (secondary N) is 2. The zero-order valence-corrected chi connectivity index (χ0v) is 12.6. The maximum atomic E-state index is 8.96. The van der Waals surface area contributed by atoms with Crippen molar-refractivity contribution >= 4 is 23.1 Å². The third-order valence-corrected chi connectivity index (χ3v) is 3.15. The summed E-state index contributed by atoms with van der Waals surface area (Å²) >= 11 is 0. The molecule has 2 N–H and O–H groups in total. The van der Waals surface area contributed by atoms with E-state index in [9.17, 15) is 0 Å². The molecule has 112 valence electrons. The quantitative estimate of drug-likeness (QED) is 0.757. The summed E-state index contributed by atoms with van der Waals surface area (Å²) in [6.45, 7) is 1.91. The molecule has 0 radical (unpaired) electrons. The number of aromatic nitrogens is 2. The van der Waals surface area contributed by atoms with E-state index >= 15 is 0 Å². The normalized spacial score (nSPS) is 9.91. The van der Waals surface area contributed by atoms with Gasteiger partial charge in [0.1, 0.15) is 5.82 Å². The van der Waals surface area contributed by atoms with Crippen LogP contribution in [-0.4, -0.2) is 9.97 Å². The van der Waals surface area contributed by atoms with Crippen LogP contribution in [-0.2, 0) is 0 Å². The number of anilines is 4. The number of hydrogen-bond donors (Lipinski definition) is 2. The molecule has 0 aliphatic carbocycles. The van der Waals surface area contributed by atoms with Gasteiger partial charge in [-0.2, -0.15) is 10.2 Å². The Bertz CT molecular complexity index is 853. The third-order valence-electron chi connectivity index (χ3n) is 3.15. The van der Waals surface area contributed by atoms with Gasteiger partial charge in [0.05, 0.1) is 11.6 Å². The van der Waals surface area contributed by atoms with Gasteiger partial charge >= 0.3 is 0 Å². The number of nitriles is 1. The van der Waals surface area contributed by atoms with E-state index in [-0.39, 0.29) is 0 Å². The smallest absolute Gasteiger partial charge is 0.229 e. The predicted molar refractivity (Wildman–Crippen MR) is 90.9 cm³/mol. The molecular formula is C18H15N5. The van der Waals surface area contributed by atoms with Gasteiger partial charge in [0.2, 0.25) is 5.95 Å². The average Bonchev–Trinajstić information content (AvgIpc) is 2.55. The highest BCUT2D eigenvalue weighted by atomic mass is 15.1. The highest BCUT2D eigenvalue weighted by Gasteiger charge is 2.04. The van der Waals surface area contributed by atoms with Gasteiger partial charge in [-0.05, 0) is 37.3 Å². The van der Waals surface area contributed by atoms with Crippen LogP contribution in [0.5, 0.6) is 0 Å². The van der Waals surface area contributed by atoms with Gasteiger partial charge in [-0.15, -0.1) is 0 Å². The summed E-state index contributed by atoms with van der Waals surface area (Å²) in [5, 5.41) is 15.3. The molecule has 3 aromatic rings. The summed E-state index contributed by atoms with van der Waals surface area (Å²) in [5.41, 5.74) is 3.17. The van der Waals surface area contributed by atoms with E-state index in [4.69, 9.17) is 5.26 Å². The monoisotopic (exact) mass is 301 g/mol. The summed E-state index contributed by atoms with van der Waals surface area (Å²) in [6, 6.07) is 21.0. The van der Waals surface area contributed by atoms with Gasteiger partial charge in [0.25, 0.3) is 0 Å². The van der Waals surface area contributed by atoms with Crippen LogP contribution in [0, 0.1) is 18.3 Å². The Morgan fingerprint density at radius 3 is 2.43 bits per heavy atom. The summed E-state index contributed by atoms with van der Waals surface area (Å²) in [4.78, 5) is 8.84. The van der Waals surface area contributed by atoms with Crippen molar-refractivity contribution in [2.75, 3.05) is 10.6 Å². The molecule has 0 bridgehead atoms. The van der Waals surface area contributed by atoms with Gasteiger partial charge in [-0.25, -0.2) is 4.98 Å². The summed E-state index contributed by atoms with van der Waals surface area (Å²) in [7, 11) is 0. The molecule has 0 saturated heterocycles. The maximum Gasteiger partial charge on any atom is 0.229 e. The molecule has 2 aromatic carbocycles. The minimum Gasteiger partial charge on any atom is -0.340 e. The lowest BCUT2D eigenvalue weighted by atomic mass is 10.2. The lowest BCUT2D eigenvalue weighted by Crippen LogP contribution is -2.02. The van der Waals surface area contributed by atoms with Crippen molar-refractivity contribution in [3.63, 3.8) is 0 Å². The van der Waals surface area contributed by atoms with E-state index < -0.39 is 0 Å². The lowest BCUT2D eigenvalue weighted by Gasteiger charge is -2.10. The largest absolute Gasteiger partial charge is 0.340 e. The van der Waals surface area contributed by atoms with Gasteiger partial charge in [-0.1, -0.05) is 24.3 Å². The van der Waals surface area contributed by atoms with E-state index in [1.807, 2.05) is 55.5 Å². The first kappa shape index (κ1) is 14.5. The van der Waals surface area contributed by atoms with Crippen molar-refractivity contribution in [3.05, 3.63) is 71.9 Å². The third kappa shape index (κ3) is 3.83. The fourth-order valence-electron chi connectivity index (χ4n) is 2.15. The Kier molecular flexibility index (Phi) is 4.16. The first-order valence-corrected chi connectivity index (χ1v) is 7.18. The van der Waals surface area contributed by atoms with Crippen molar-refractivity contribution in [3.8, 4) is 6.07 Å². The molecular weight excluding hydrogens is 286 g/mol. The molecule has 0 spiro atoms. The first-order chi connectivity index (χ1) is 11.2. The number of para-hydroxylation sites is 1. The zero-order chi connectivity index (χ0) is 16.1. The summed E-state index contributed by atoms with van der Waals surface area (Å²) < 4.78 is 0. The molecule has 5 heteroatoms. The molecule has 0 atom stereocenters. The number of nitrogens with zero attached hydrogens (tertiary/aromatic N) is 3. The predicted octanol–water partition coefficient (Wildman–Crippen LogP) is 4.14. The minimum absolute atomic E-state index is 0.485. The Labute approximate surface area is 134 Å². The van der Waals surface area contributed by atoms with E-state index in [0.29, 0.717) is 17.3 Å². The summed E-state index contributed by atoms with van der Waals surface area (Å²) in [6.07, 6.45) is 0. The van der Waals surface area contributed by atoms with Crippen molar-refractivity contribution in [2.24, 2.45) is 0 Å². The second-order valence-electron chi connectivity index (χ2n) is 5.03. The molecule has 3 rings (SSSR count). The van der Waals surface area contributed by atoms with Crippen molar-refractivity contribution < 1.29 is 0 Å². The first-order valence-electron chi connectivity index (χ1n) is 7.18. The van der Waals surface area contributed by atoms with Crippen LogP contribution in [0.15, 0.2) is 60.7 Å². The fraction of sp³-hybridized carbons (Fsp3) is 0.0556. The van der Waals surface area contributed by atoms with E-state index in [0.717, 1.165) is 17.1 Å². The molecule has 0 aliphatic rings. The zero-order valence-electron chi connectivity index (χ0n) is 12.6. The average molecular weight is 301 g/mol. The molecule has 0 saturated carbocycles. The highest BCUT2D eigenvalue weighted by molar-refractivity contribution is 5.61. The van der Waals surface area contributed by atoms with E-state index in [1.165, 1.54) is 0 Å². The van der Waals surface area contributed by atoms with Crippen LogP contribution < -0.4 is 10.6 Å². The van der Waals surface area contributed by atoms with E-state index in [2.05, 4.69) is 26.7 Å². The molecule has 0 amide bonds. The Hall–Kier alpha value is -3.39. The van der Waals surface area contributed by atoms with Crippen LogP contribution >= 0.6 is 0 Å². The topological polar surface area (TPSA) is 73.6 Å². The Morgan fingerprint density at radius 1 is 0.870 bits per heavy atom. The second-order valence-corrected chi connectivity index (χ2v) is 5.03. The number of aryl methyl sites for hydroxylation is 1. The maximum absolute atomic E-state index is 8.96. The standard InChI is InChI=1S/C18H15N5/c1-13-10-17(21-15-7-3-2-4-8-15)23-18(20-13)22-16-9-5-6-14(11-16)12-19/h2-11H,1H3,(H2,20,21,22,23). The second kappa shape index (κ2) is 6.58. The molecule has 5 nitrogen and oxygen atoms in total. The SMILES string of the molecule is Cc1cc(Nc2ccccc2)nc(Nc2cccc(C#N)c2)n1. The molecule has 23 heavy (non-hydrogen) atoms. The van der Waals surface area contributed by atoms with Crippen LogP contribution in [0.25, 0.3) is 0 Å². The highest BCUT2D eigenvalue weighted by Crippen LogP contribution is 2.19. The van der Waals surface area contributed by atoms with Gasteiger partial charge in [0.15, 0.2) is 0 Å². The minimum atomic E-state index is 0.485. The van der Waals surface area contributed by atoms with Gasteiger partial charge < -0.3 is 10.6 Å². The van der Waals surface area contributed by atoms with Crippen molar-refractivity contribution in [1.82, 2.24) is 9.97 Å². The molecule has 1 heterocycles. The van der Waals surface area contributed by atoms with Crippen molar-refractivity contribution in [1.29, 1.82) is 5.26 Å². The fourth-order valence-corrected chi connectivity index (χ4v) is 2.15. The van der Waals surface area contributed by atoms with Crippen LogP contribution in [0.3, 0.4) is 0 Å². The van der Waals surface area contributed by atoms with Crippen LogP contribution in [0.1, 0.15) is 11.3 Å². The Balaban J connectivity index is 1.84. The molecule has 0 unspecified atom stereocenters. The number of rotatable bonds is 4.